The Bertz CT molecular complexity index is 1800. The van der Waals surface area contributed by atoms with Crippen molar-refractivity contribution < 1.29 is 27.1 Å². The number of hydrogen-bond acceptors (Lipinski definition) is 6. The molecule has 3 N–H and O–H groups in total. The van der Waals surface area contributed by atoms with Crippen LogP contribution >= 0.6 is 0 Å². The first-order chi connectivity index (χ1) is 21.3. The van der Waals surface area contributed by atoms with Crippen LogP contribution in [0.2, 0.25) is 0 Å². The molecular formula is C32H32F5N5O3. The van der Waals surface area contributed by atoms with E-state index in [-0.39, 0.29) is 43.3 Å². The van der Waals surface area contributed by atoms with Gasteiger partial charge in [0.25, 0.3) is 5.56 Å². The highest BCUT2D eigenvalue weighted by Crippen LogP contribution is 2.33. The summed E-state index contributed by atoms with van der Waals surface area (Å²) in [5, 5.41) is 9.50. The molecule has 4 aromatic rings. The van der Waals surface area contributed by atoms with Gasteiger partial charge in [-0.05, 0) is 30.7 Å². The molecule has 0 aliphatic carbocycles. The van der Waals surface area contributed by atoms with Gasteiger partial charge in [0.05, 0.1) is 18.7 Å². The topological polar surface area (TPSA) is 96.7 Å². The van der Waals surface area contributed by atoms with Crippen LogP contribution in [0.3, 0.4) is 0 Å². The Morgan fingerprint density at radius 2 is 1.56 bits per heavy atom. The van der Waals surface area contributed by atoms with Gasteiger partial charge in [-0.3, -0.25) is 18.8 Å². The molecule has 8 nitrogen and oxygen atoms in total. The summed E-state index contributed by atoms with van der Waals surface area (Å²) in [4.78, 5) is 31.4. The smallest absolute Gasteiger partial charge is 0.416 e. The van der Waals surface area contributed by atoms with Crippen LogP contribution in [0.4, 0.5) is 27.6 Å². The Morgan fingerprint density at radius 3 is 2.20 bits per heavy atom. The van der Waals surface area contributed by atoms with Crippen LogP contribution in [-0.2, 0) is 25.8 Å². The number of anilines is 1. The van der Waals surface area contributed by atoms with Gasteiger partial charge in [-0.2, -0.15) is 13.2 Å². The summed E-state index contributed by atoms with van der Waals surface area (Å²) in [7, 11) is 0. The van der Waals surface area contributed by atoms with Crippen molar-refractivity contribution in [2.24, 2.45) is 5.73 Å². The summed E-state index contributed by atoms with van der Waals surface area (Å²) in [6.07, 6.45) is -4.88. The molecule has 1 atom stereocenters. The minimum atomic E-state index is -4.88. The van der Waals surface area contributed by atoms with Crippen molar-refractivity contribution in [3.63, 3.8) is 0 Å². The Labute approximate surface area is 255 Å². The fourth-order valence-corrected chi connectivity index (χ4v) is 5.68. The monoisotopic (exact) mass is 629 g/mol. The number of hydrogen-bond donors (Lipinski definition) is 2. The number of aromatic nitrogens is 2. The maximum Gasteiger partial charge on any atom is 0.416 e. The first-order valence-electron chi connectivity index (χ1n) is 14.3. The predicted octanol–water partition coefficient (Wildman–Crippen LogP) is 4.39. The molecule has 1 saturated heterocycles. The zero-order valence-electron chi connectivity index (χ0n) is 24.4. The second kappa shape index (κ2) is 12.9. The molecule has 0 unspecified atom stereocenters. The molecule has 1 aromatic heterocycles. The highest BCUT2D eigenvalue weighted by Gasteiger charge is 2.35. The minimum absolute atomic E-state index is 0.0870. The van der Waals surface area contributed by atoms with Crippen molar-refractivity contribution in [1.82, 2.24) is 14.0 Å². The third-order valence-corrected chi connectivity index (χ3v) is 8.12. The van der Waals surface area contributed by atoms with Crippen molar-refractivity contribution in [2.75, 3.05) is 31.1 Å². The zero-order valence-corrected chi connectivity index (χ0v) is 24.4. The summed E-state index contributed by atoms with van der Waals surface area (Å²) in [6.45, 7) is 2.03. The van der Waals surface area contributed by atoms with Gasteiger partial charge >= 0.3 is 11.9 Å². The summed E-state index contributed by atoms with van der Waals surface area (Å²) in [6, 6.07) is 14.4. The number of alkyl halides is 3. The molecule has 2 heterocycles. The summed E-state index contributed by atoms with van der Waals surface area (Å²) < 4.78 is 72.7. The lowest BCUT2D eigenvalue weighted by Gasteiger charge is -2.37. The first-order valence-corrected chi connectivity index (χ1v) is 14.3. The second-order valence-corrected chi connectivity index (χ2v) is 11.0. The Hall–Kier alpha value is -4.49. The lowest BCUT2D eigenvalue weighted by molar-refractivity contribution is -0.138. The van der Waals surface area contributed by atoms with E-state index in [9.17, 15) is 36.6 Å². The molecule has 5 rings (SSSR count). The maximum atomic E-state index is 14.9. The quantitative estimate of drug-likeness (QED) is 0.281. The lowest BCUT2D eigenvalue weighted by atomic mass is 10.1. The van der Waals surface area contributed by atoms with Crippen molar-refractivity contribution >= 4 is 5.69 Å². The fourth-order valence-electron chi connectivity index (χ4n) is 5.68. The van der Waals surface area contributed by atoms with Crippen LogP contribution in [-0.4, -0.2) is 45.3 Å². The Morgan fingerprint density at radius 1 is 0.867 bits per heavy atom. The standard InChI is InChI=1S/C32H32F5N5O3/c1-20-29(40-14-12-39(13-15-40)17-22-10-11-23(43)16-27(22)34)30(44)42(19-28(38)21-6-3-2-4-7-21)31(45)41(20)18-24-25(32(35,36)37)8-5-9-26(24)33/h2-11,16,28,43H,12-15,17-19,38H2,1H3/t28-/m0/s1. The number of phenolic OH excluding ortho intramolecular Hbond substituents is 1. The number of piperazine rings is 1. The first kappa shape index (κ1) is 31.9. The zero-order chi connectivity index (χ0) is 32.5. The van der Waals surface area contributed by atoms with Crippen LogP contribution in [0.5, 0.6) is 5.75 Å². The molecule has 0 amide bonds. The Kier molecular flexibility index (Phi) is 9.12. The number of phenols is 1. The summed E-state index contributed by atoms with van der Waals surface area (Å²) in [5.74, 6) is -1.87. The second-order valence-electron chi connectivity index (χ2n) is 11.0. The number of benzene rings is 3. The van der Waals surface area contributed by atoms with Crippen molar-refractivity contribution in [3.05, 3.63) is 127 Å². The molecule has 1 aliphatic heterocycles. The van der Waals surface area contributed by atoms with E-state index in [0.29, 0.717) is 24.2 Å². The van der Waals surface area contributed by atoms with E-state index >= 15 is 0 Å². The Balaban J connectivity index is 1.53. The van der Waals surface area contributed by atoms with Crippen LogP contribution < -0.4 is 21.9 Å². The van der Waals surface area contributed by atoms with E-state index in [0.717, 1.165) is 33.4 Å². The minimum Gasteiger partial charge on any atom is -0.508 e. The molecule has 13 heteroatoms. The van der Waals surface area contributed by atoms with Gasteiger partial charge in [0.1, 0.15) is 23.1 Å². The normalized spacial score (nSPS) is 15.0. The largest absolute Gasteiger partial charge is 0.508 e. The molecule has 45 heavy (non-hydrogen) atoms. The van der Waals surface area contributed by atoms with Gasteiger partial charge in [-0.25, -0.2) is 13.6 Å². The lowest BCUT2D eigenvalue weighted by Crippen LogP contribution is -2.51. The van der Waals surface area contributed by atoms with Gasteiger partial charge < -0.3 is 15.7 Å². The highest BCUT2D eigenvalue weighted by atomic mass is 19.4. The average molecular weight is 630 g/mol. The fraction of sp³-hybridized carbons (Fsp3) is 0.312. The van der Waals surface area contributed by atoms with Crippen LogP contribution in [0.1, 0.15) is 34.0 Å². The van der Waals surface area contributed by atoms with E-state index in [4.69, 9.17) is 5.73 Å². The number of nitrogens with zero attached hydrogens (tertiary/aromatic N) is 4. The third-order valence-electron chi connectivity index (χ3n) is 8.12. The SMILES string of the molecule is Cc1c(N2CCN(Cc3ccc(O)cc3F)CC2)c(=O)n(C[C@H](N)c2ccccc2)c(=O)n1Cc1c(F)cccc1C(F)(F)F. The molecule has 0 saturated carbocycles. The number of nitrogens with two attached hydrogens (primary N) is 1. The van der Waals surface area contributed by atoms with Gasteiger partial charge in [0.15, 0.2) is 0 Å². The van der Waals surface area contributed by atoms with Crippen molar-refractivity contribution in [1.29, 1.82) is 0 Å². The van der Waals surface area contributed by atoms with E-state index in [1.807, 2.05) is 4.90 Å². The molecular weight excluding hydrogens is 597 g/mol. The molecule has 0 radical (unpaired) electrons. The van der Waals surface area contributed by atoms with Crippen LogP contribution in [0.25, 0.3) is 0 Å². The van der Waals surface area contributed by atoms with E-state index < -0.39 is 52.8 Å². The molecule has 238 valence electrons. The van der Waals surface area contributed by atoms with Crippen molar-refractivity contribution in [2.45, 2.75) is 38.8 Å². The summed E-state index contributed by atoms with van der Waals surface area (Å²) in [5.41, 5.74) is 4.05. The number of halogens is 5. The molecule has 1 fully saturated rings. The summed E-state index contributed by atoms with van der Waals surface area (Å²) >= 11 is 0. The van der Waals surface area contributed by atoms with E-state index in [1.165, 1.54) is 19.1 Å². The number of aromatic hydroxyl groups is 1. The van der Waals surface area contributed by atoms with Crippen LogP contribution in [0, 0.1) is 18.6 Å². The highest BCUT2D eigenvalue weighted by molar-refractivity contribution is 5.50. The predicted molar refractivity (Wildman–Crippen MR) is 159 cm³/mol. The van der Waals surface area contributed by atoms with Gasteiger partial charge in [0, 0.05) is 61.7 Å². The van der Waals surface area contributed by atoms with Gasteiger partial charge in [-0.15, -0.1) is 0 Å². The molecule has 0 spiro atoms. The molecule has 0 bridgehead atoms. The molecule has 3 aromatic carbocycles. The maximum absolute atomic E-state index is 14.9. The van der Waals surface area contributed by atoms with Gasteiger partial charge in [-0.1, -0.05) is 42.5 Å². The van der Waals surface area contributed by atoms with Crippen LogP contribution in [0.15, 0.2) is 76.3 Å². The third kappa shape index (κ3) is 6.79. The van der Waals surface area contributed by atoms with Crippen molar-refractivity contribution in [3.8, 4) is 5.75 Å². The van der Waals surface area contributed by atoms with Gasteiger partial charge in [0.2, 0.25) is 0 Å². The number of rotatable bonds is 8. The van der Waals surface area contributed by atoms with E-state index in [2.05, 4.69) is 0 Å². The van der Waals surface area contributed by atoms with E-state index in [1.54, 1.807) is 35.2 Å². The molecule has 1 aliphatic rings. The average Bonchev–Trinajstić information content (AvgIpc) is 3.00.